The molecule has 1 rings (SSSR count). The zero-order chi connectivity index (χ0) is 14.4. The lowest BCUT2D eigenvalue weighted by Gasteiger charge is -2.20. The van der Waals surface area contributed by atoms with Crippen LogP contribution in [0.5, 0.6) is 5.75 Å². The van der Waals surface area contributed by atoms with Crippen LogP contribution >= 0.6 is 0 Å². The van der Waals surface area contributed by atoms with Gasteiger partial charge in [-0.2, -0.15) is 0 Å². The average Bonchev–Trinajstić information content (AvgIpc) is 2.33. The minimum atomic E-state index is 0.242. The van der Waals surface area contributed by atoms with Gasteiger partial charge in [0.2, 0.25) is 0 Å². The smallest absolute Gasteiger partial charge is 0.120 e. The lowest BCUT2D eigenvalue weighted by atomic mass is 9.98. The van der Waals surface area contributed by atoms with E-state index in [4.69, 9.17) is 4.74 Å². The molecule has 0 heterocycles. The van der Waals surface area contributed by atoms with E-state index in [2.05, 4.69) is 65.1 Å². The van der Waals surface area contributed by atoms with Crippen molar-refractivity contribution in [3.8, 4) is 5.75 Å². The van der Waals surface area contributed by atoms with Gasteiger partial charge in [-0.3, -0.25) is 0 Å². The van der Waals surface area contributed by atoms with Crippen LogP contribution in [0.1, 0.15) is 58.1 Å². The molecule has 0 spiro atoms. The Balaban J connectivity index is 2.67. The molecule has 1 N–H and O–H groups in total. The Morgan fingerprint density at radius 1 is 1.16 bits per heavy atom. The molecule has 1 aromatic carbocycles. The fourth-order valence-electron chi connectivity index (χ4n) is 2.20. The molecular weight excluding hydrogens is 234 g/mol. The van der Waals surface area contributed by atoms with Gasteiger partial charge in [-0.15, -0.1) is 0 Å². The summed E-state index contributed by atoms with van der Waals surface area (Å²) in [6.07, 6.45) is 1.26. The number of rotatable bonds is 7. The Bertz CT molecular complexity index is 385. The highest BCUT2D eigenvalue weighted by Gasteiger charge is 2.10. The molecule has 1 aromatic rings. The van der Waals surface area contributed by atoms with Gasteiger partial charge in [0.05, 0.1) is 0 Å². The van der Waals surface area contributed by atoms with Crippen LogP contribution in [0.4, 0.5) is 0 Å². The van der Waals surface area contributed by atoms with Crippen LogP contribution in [-0.4, -0.2) is 18.7 Å². The van der Waals surface area contributed by atoms with E-state index in [0.29, 0.717) is 12.0 Å². The molecule has 2 heteroatoms. The molecule has 0 aliphatic heterocycles. The van der Waals surface area contributed by atoms with Crippen molar-refractivity contribution in [3.05, 3.63) is 29.3 Å². The number of benzene rings is 1. The van der Waals surface area contributed by atoms with Gasteiger partial charge in [-0.25, -0.2) is 0 Å². The van der Waals surface area contributed by atoms with Crippen molar-refractivity contribution in [3.63, 3.8) is 0 Å². The Morgan fingerprint density at radius 2 is 1.84 bits per heavy atom. The second-order valence-corrected chi connectivity index (χ2v) is 5.88. The lowest BCUT2D eigenvalue weighted by molar-refractivity contribution is 0.190. The fraction of sp³-hybridized carbons (Fsp3) is 0.647. The standard InChI is InChI=1S/C17H29NO/c1-7-15(11-18-13(4)5)19-16-8-9-17(12(2)3)14(6)10-16/h8-10,12-13,15,18H,7,11H2,1-6H3. The van der Waals surface area contributed by atoms with Crippen molar-refractivity contribution >= 4 is 0 Å². The van der Waals surface area contributed by atoms with Crippen molar-refractivity contribution in [2.75, 3.05) is 6.54 Å². The molecule has 19 heavy (non-hydrogen) atoms. The third-order valence-electron chi connectivity index (χ3n) is 3.38. The quantitative estimate of drug-likeness (QED) is 0.793. The molecule has 2 nitrogen and oxygen atoms in total. The van der Waals surface area contributed by atoms with Crippen molar-refractivity contribution in [1.82, 2.24) is 5.32 Å². The summed E-state index contributed by atoms with van der Waals surface area (Å²) in [4.78, 5) is 0. The average molecular weight is 263 g/mol. The number of hydrogen-bond donors (Lipinski definition) is 1. The maximum Gasteiger partial charge on any atom is 0.120 e. The van der Waals surface area contributed by atoms with E-state index in [1.165, 1.54) is 11.1 Å². The first-order chi connectivity index (χ1) is 8.93. The molecule has 0 amide bonds. The Labute approximate surface area is 118 Å². The van der Waals surface area contributed by atoms with Crippen LogP contribution in [0.3, 0.4) is 0 Å². The number of aryl methyl sites for hydroxylation is 1. The maximum absolute atomic E-state index is 6.07. The van der Waals surface area contributed by atoms with Gasteiger partial charge in [-0.05, 0) is 42.5 Å². The summed E-state index contributed by atoms with van der Waals surface area (Å²) in [6, 6.07) is 6.95. The zero-order valence-electron chi connectivity index (χ0n) is 13.3. The highest BCUT2D eigenvalue weighted by molar-refractivity contribution is 5.36. The van der Waals surface area contributed by atoms with Crippen molar-refractivity contribution in [1.29, 1.82) is 0 Å². The van der Waals surface area contributed by atoms with Gasteiger partial charge < -0.3 is 10.1 Å². The lowest BCUT2D eigenvalue weighted by Crippen LogP contribution is -2.34. The first-order valence-electron chi connectivity index (χ1n) is 7.44. The Morgan fingerprint density at radius 3 is 2.32 bits per heavy atom. The van der Waals surface area contributed by atoms with Crippen LogP contribution in [0.25, 0.3) is 0 Å². The Kier molecular flexibility index (Phi) is 6.36. The van der Waals surface area contributed by atoms with Crippen LogP contribution < -0.4 is 10.1 Å². The molecule has 0 saturated heterocycles. The van der Waals surface area contributed by atoms with Crippen LogP contribution in [-0.2, 0) is 0 Å². The fourth-order valence-corrected chi connectivity index (χ4v) is 2.20. The third kappa shape index (κ3) is 5.23. The topological polar surface area (TPSA) is 21.3 Å². The van der Waals surface area contributed by atoms with Gasteiger partial charge in [0, 0.05) is 12.6 Å². The van der Waals surface area contributed by atoms with E-state index in [1.807, 2.05) is 0 Å². The first-order valence-corrected chi connectivity index (χ1v) is 7.44. The van der Waals surface area contributed by atoms with Crippen molar-refractivity contribution in [2.45, 2.75) is 66.0 Å². The second kappa shape index (κ2) is 7.54. The molecular formula is C17H29NO. The van der Waals surface area contributed by atoms with E-state index < -0.39 is 0 Å². The largest absolute Gasteiger partial charge is 0.489 e. The molecule has 0 bridgehead atoms. The van der Waals surface area contributed by atoms with E-state index in [9.17, 15) is 0 Å². The number of ether oxygens (including phenoxy) is 1. The van der Waals surface area contributed by atoms with E-state index in [-0.39, 0.29) is 6.10 Å². The van der Waals surface area contributed by atoms with Crippen LogP contribution in [0.2, 0.25) is 0 Å². The number of nitrogens with one attached hydrogen (secondary N) is 1. The van der Waals surface area contributed by atoms with E-state index >= 15 is 0 Å². The minimum Gasteiger partial charge on any atom is -0.489 e. The predicted molar refractivity (Wildman–Crippen MR) is 83.1 cm³/mol. The van der Waals surface area contributed by atoms with Gasteiger partial charge >= 0.3 is 0 Å². The molecule has 0 aliphatic carbocycles. The molecule has 1 atom stereocenters. The normalized spacial score (nSPS) is 13.1. The summed E-state index contributed by atoms with van der Waals surface area (Å²) in [5, 5.41) is 3.44. The SMILES string of the molecule is CCC(CNC(C)C)Oc1ccc(C(C)C)c(C)c1. The molecule has 108 valence electrons. The summed E-state index contributed by atoms with van der Waals surface area (Å²) in [6.45, 7) is 14.0. The highest BCUT2D eigenvalue weighted by atomic mass is 16.5. The molecule has 0 saturated carbocycles. The van der Waals surface area contributed by atoms with Crippen LogP contribution in [0.15, 0.2) is 18.2 Å². The summed E-state index contributed by atoms with van der Waals surface area (Å²) in [7, 11) is 0. The summed E-state index contributed by atoms with van der Waals surface area (Å²) in [5.41, 5.74) is 2.72. The van der Waals surface area contributed by atoms with Gasteiger partial charge in [-0.1, -0.05) is 40.7 Å². The molecule has 1 unspecified atom stereocenters. The summed E-state index contributed by atoms with van der Waals surface area (Å²) < 4.78 is 6.07. The van der Waals surface area contributed by atoms with Gasteiger partial charge in [0.1, 0.15) is 11.9 Å². The maximum atomic E-state index is 6.07. The monoisotopic (exact) mass is 263 g/mol. The van der Waals surface area contributed by atoms with Crippen molar-refractivity contribution in [2.24, 2.45) is 0 Å². The third-order valence-corrected chi connectivity index (χ3v) is 3.38. The molecule has 0 radical (unpaired) electrons. The summed E-state index contributed by atoms with van der Waals surface area (Å²) in [5.74, 6) is 1.55. The van der Waals surface area contributed by atoms with Gasteiger partial charge in [0.15, 0.2) is 0 Å². The van der Waals surface area contributed by atoms with E-state index in [0.717, 1.165) is 18.7 Å². The zero-order valence-corrected chi connectivity index (χ0v) is 13.3. The number of hydrogen-bond acceptors (Lipinski definition) is 2. The minimum absolute atomic E-state index is 0.242. The molecule has 0 fully saturated rings. The van der Waals surface area contributed by atoms with Gasteiger partial charge in [0.25, 0.3) is 0 Å². The summed E-state index contributed by atoms with van der Waals surface area (Å²) >= 11 is 0. The second-order valence-electron chi connectivity index (χ2n) is 5.88. The predicted octanol–water partition coefficient (Wildman–Crippen LogP) is 4.27. The van der Waals surface area contributed by atoms with Crippen LogP contribution in [0, 0.1) is 6.92 Å². The highest BCUT2D eigenvalue weighted by Crippen LogP contribution is 2.24. The Hall–Kier alpha value is -1.02. The molecule has 0 aromatic heterocycles. The van der Waals surface area contributed by atoms with Crippen molar-refractivity contribution < 1.29 is 4.74 Å². The van der Waals surface area contributed by atoms with E-state index in [1.54, 1.807) is 0 Å². The molecule has 0 aliphatic rings. The first kappa shape index (κ1) is 16.0.